The smallest absolute Gasteiger partial charge is 0.319 e. The van der Waals surface area contributed by atoms with Crippen LogP contribution in [-0.4, -0.2) is 21.5 Å². The van der Waals surface area contributed by atoms with E-state index in [1.165, 1.54) is 0 Å². The molecule has 0 bridgehead atoms. The van der Waals surface area contributed by atoms with E-state index in [-0.39, 0.29) is 17.0 Å². The van der Waals surface area contributed by atoms with E-state index in [4.69, 9.17) is 9.97 Å². The second-order valence-corrected chi connectivity index (χ2v) is 10.6. The van der Waals surface area contributed by atoms with Crippen LogP contribution in [0, 0.1) is 5.41 Å². The Balaban J connectivity index is 1.67. The zero-order valence-corrected chi connectivity index (χ0v) is 20.5. The molecular weight excluding hydrogens is 420 g/mol. The molecule has 3 aromatic carbocycles. The SMILES string of the molecule is CC(C)(C)CC(C)(C)NC(=O)Nc1ccc2nc(-c3ccccc3)c(-c3ccccc3)nc2c1. The Morgan fingerprint density at radius 2 is 1.26 bits per heavy atom. The van der Waals surface area contributed by atoms with Crippen molar-refractivity contribution in [3.05, 3.63) is 78.9 Å². The summed E-state index contributed by atoms with van der Waals surface area (Å²) in [5.41, 5.74) is 5.62. The number of nitrogens with zero attached hydrogens (tertiary/aromatic N) is 2. The number of benzene rings is 3. The Morgan fingerprint density at radius 3 is 1.79 bits per heavy atom. The predicted molar refractivity (Wildman–Crippen MR) is 141 cm³/mol. The van der Waals surface area contributed by atoms with Crippen molar-refractivity contribution in [1.82, 2.24) is 15.3 Å². The van der Waals surface area contributed by atoms with Crippen molar-refractivity contribution in [3.63, 3.8) is 0 Å². The molecule has 0 unspecified atom stereocenters. The van der Waals surface area contributed by atoms with Crippen LogP contribution in [0.3, 0.4) is 0 Å². The number of hydrogen-bond acceptors (Lipinski definition) is 3. The van der Waals surface area contributed by atoms with Crippen LogP contribution >= 0.6 is 0 Å². The lowest BCUT2D eigenvalue weighted by molar-refractivity contribution is 0.220. The van der Waals surface area contributed by atoms with E-state index in [1.54, 1.807) is 0 Å². The highest BCUT2D eigenvalue weighted by Gasteiger charge is 2.27. The van der Waals surface area contributed by atoms with Gasteiger partial charge in [-0.2, -0.15) is 0 Å². The molecule has 5 heteroatoms. The summed E-state index contributed by atoms with van der Waals surface area (Å²) >= 11 is 0. The highest BCUT2D eigenvalue weighted by molar-refractivity contribution is 5.93. The molecule has 0 aliphatic heterocycles. The fraction of sp³-hybridized carbons (Fsp3) is 0.276. The first-order valence-corrected chi connectivity index (χ1v) is 11.6. The van der Waals surface area contributed by atoms with Gasteiger partial charge >= 0.3 is 6.03 Å². The fourth-order valence-corrected chi connectivity index (χ4v) is 4.57. The minimum atomic E-state index is -0.329. The molecule has 34 heavy (non-hydrogen) atoms. The molecule has 0 aliphatic carbocycles. The summed E-state index contributed by atoms with van der Waals surface area (Å²) in [5.74, 6) is 0. The highest BCUT2D eigenvalue weighted by atomic mass is 16.2. The Morgan fingerprint density at radius 1 is 0.735 bits per heavy atom. The monoisotopic (exact) mass is 452 g/mol. The minimum absolute atomic E-state index is 0.111. The van der Waals surface area contributed by atoms with Crippen molar-refractivity contribution in [2.45, 2.75) is 46.6 Å². The molecule has 174 valence electrons. The second kappa shape index (κ2) is 9.26. The number of aromatic nitrogens is 2. The van der Waals surface area contributed by atoms with Gasteiger partial charge in [-0.25, -0.2) is 14.8 Å². The van der Waals surface area contributed by atoms with Gasteiger partial charge in [0.2, 0.25) is 0 Å². The van der Waals surface area contributed by atoms with Crippen molar-refractivity contribution in [1.29, 1.82) is 0 Å². The van der Waals surface area contributed by atoms with Crippen LogP contribution in [0.1, 0.15) is 41.0 Å². The standard InChI is InChI=1S/C29H32N4O/c1-28(2,3)19-29(4,5)33-27(34)30-22-16-17-23-24(18-22)32-26(21-14-10-7-11-15-21)25(31-23)20-12-8-6-9-13-20/h6-18H,19H2,1-5H3,(H2,30,33,34). The van der Waals surface area contributed by atoms with Crippen LogP contribution in [0.5, 0.6) is 0 Å². The third-order valence-electron chi connectivity index (χ3n) is 5.44. The first-order valence-electron chi connectivity index (χ1n) is 11.6. The predicted octanol–water partition coefficient (Wildman–Crippen LogP) is 7.30. The molecule has 0 atom stereocenters. The van der Waals surface area contributed by atoms with Gasteiger partial charge in [-0.15, -0.1) is 0 Å². The molecule has 2 amide bonds. The molecule has 5 nitrogen and oxygen atoms in total. The molecule has 0 spiro atoms. The molecule has 4 rings (SSSR count). The summed E-state index contributed by atoms with van der Waals surface area (Å²) < 4.78 is 0. The van der Waals surface area contributed by atoms with Crippen LogP contribution in [0.2, 0.25) is 0 Å². The van der Waals surface area contributed by atoms with E-state index in [9.17, 15) is 4.79 Å². The molecule has 1 aromatic heterocycles. The van der Waals surface area contributed by atoms with Gasteiger partial charge in [0, 0.05) is 22.4 Å². The Bertz CT molecular complexity index is 1290. The summed E-state index contributed by atoms with van der Waals surface area (Å²) in [6.45, 7) is 10.6. The summed E-state index contributed by atoms with van der Waals surface area (Å²) in [6, 6.07) is 25.6. The lowest BCUT2D eigenvalue weighted by Gasteiger charge is -2.33. The van der Waals surface area contributed by atoms with E-state index in [1.807, 2.05) is 92.7 Å². The van der Waals surface area contributed by atoms with E-state index < -0.39 is 0 Å². The molecule has 0 fully saturated rings. The normalized spacial score (nSPS) is 11.9. The Labute approximate surface area is 201 Å². The summed E-state index contributed by atoms with van der Waals surface area (Å²) in [5, 5.41) is 6.05. The quantitative estimate of drug-likeness (QED) is 0.334. The average molecular weight is 453 g/mol. The van der Waals surface area contributed by atoms with Crippen LogP contribution in [0.4, 0.5) is 10.5 Å². The number of rotatable bonds is 5. The highest BCUT2D eigenvalue weighted by Crippen LogP contribution is 2.31. The number of nitrogens with one attached hydrogen (secondary N) is 2. The Hall–Kier alpha value is -3.73. The number of carbonyl (C=O) groups is 1. The maximum absolute atomic E-state index is 12.7. The van der Waals surface area contributed by atoms with E-state index in [2.05, 4.69) is 31.4 Å². The number of anilines is 1. The van der Waals surface area contributed by atoms with Crippen LogP contribution in [0.25, 0.3) is 33.5 Å². The number of hydrogen-bond donors (Lipinski definition) is 2. The number of amides is 2. The largest absolute Gasteiger partial charge is 0.333 e. The van der Waals surface area contributed by atoms with Crippen LogP contribution in [0.15, 0.2) is 78.9 Å². The van der Waals surface area contributed by atoms with Crippen LogP contribution in [-0.2, 0) is 0 Å². The molecule has 0 aliphatic rings. The zero-order valence-electron chi connectivity index (χ0n) is 20.5. The zero-order chi connectivity index (χ0) is 24.3. The molecule has 0 saturated heterocycles. The maximum atomic E-state index is 12.7. The third kappa shape index (κ3) is 5.79. The van der Waals surface area contributed by atoms with Gasteiger partial charge in [0.1, 0.15) is 0 Å². The van der Waals surface area contributed by atoms with E-state index in [0.717, 1.165) is 40.0 Å². The summed E-state index contributed by atoms with van der Waals surface area (Å²) in [7, 11) is 0. The molecule has 4 aromatic rings. The summed E-state index contributed by atoms with van der Waals surface area (Å²) in [4.78, 5) is 22.6. The molecule has 2 N–H and O–H groups in total. The van der Waals surface area contributed by atoms with Gasteiger partial charge in [0.25, 0.3) is 0 Å². The molecule has 0 radical (unpaired) electrons. The number of fused-ring (bicyclic) bond motifs is 1. The van der Waals surface area contributed by atoms with Gasteiger partial charge in [0.15, 0.2) is 0 Å². The van der Waals surface area contributed by atoms with Gasteiger partial charge in [0.05, 0.1) is 22.4 Å². The maximum Gasteiger partial charge on any atom is 0.319 e. The van der Waals surface area contributed by atoms with Gasteiger partial charge in [-0.3, -0.25) is 0 Å². The van der Waals surface area contributed by atoms with Gasteiger partial charge < -0.3 is 10.6 Å². The molecular formula is C29H32N4O. The van der Waals surface area contributed by atoms with Gasteiger partial charge in [-0.1, -0.05) is 81.4 Å². The first kappa shape index (κ1) is 23.4. The van der Waals surface area contributed by atoms with E-state index in [0.29, 0.717) is 5.69 Å². The first-order chi connectivity index (χ1) is 16.1. The summed E-state index contributed by atoms with van der Waals surface area (Å²) in [6.07, 6.45) is 0.860. The lowest BCUT2D eigenvalue weighted by Crippen LogP contribution is -2.47. The van der Waals surface area contributed by atoms with Crippen LogP contribution < -0.4 is 10.6 Å². The average Bonchev–Trinajstić information content (AvgIpc) is 2.77. The van der Waals surface area contributed by atoms with Crippen molar-refractivity contribution < 1.29 is 4.79 Å². The number of carbonyl (C=O) groups excluding carboxylic acids is 1. The number of urea groups is 1. The lowest BCUT2D eigenvalue weighted by atomic mass is 9.82. The Kier molecular flexibility index (Phi) is 6.38. The molecule has 0 saturated carbocycles. The third-order valence-corrected chi connectivity index (χ3v) is 5.44. The van der Waals surface area contributed by atoms with Crippen molar-refractivity contribution >= 4 is 22.8 Å². The minimum Gasteiger partial charge on any atom is -0.333 e. The van der Waals surface area contributed by atoms with Crippen molar-refractivity contribution in [3.8, 4) is 22.5 Å². The van der Waals surface area contributed by atoms with Crippen molar-refractivity contribution in [2.24, 2.45) is 5.41 Å². The van der Waals surface area contributed by atoms with Crippen molar-refractivity contribution in [2.75, 3.05) is 5.32 Å². The fourth-order valence-electron chi connectivity index (χ4n) is 4.57. The second-order valence-electron chi connectivity index (χ2n) is 10.6. The van der Waals surface area contributed by atoms with Gasteiger partial charge in [-0.05, 0) is 43.9 Å². The molecule has 1 heterocycles. The topological polar surface area (TPSA) is 66.9 Å². The van der Waals surface area contributed by atoms with E-state index >= 15 is 0 Å².